The fourth-order valence-corrected chi connectivity index (χ4v) is 3.46. The van der Waals surface area contributed by atoms with Crippen LogP contribution in [0.15, 0.2) is 12.2 Å². The number of carbonyl (C=O) groups is 1. The molecule has 2 aliphatic carbocycles. The fraction of sp³-hybridized carbons (Fsp3) is 0.800. The predicted molar refractivity (Wildman–Crippen MR) is 69.3 cm³/mol. The zero-order valence-electron chi connectivity index (χ0n) is 11.3. The van der Waals surface area contributed by atoms with Gasteiger partial charge in [-0.2, -0.15) is 0 Å². The van der Waals surface area contributed by atoms with Crippen LogP contribution in [0.2, 0.25) is 0 Å². The molecule has 0 spiro atoms. The van der Waals surface area contributed by atoms with Gasteiger partial charge in [-0.05, 0) is 43.4 Å². The molecule has 0 radical (unpaired) electrons. The summed E-state index contributed by atoms with van der Waals surface area (Å²) >= 11 is 0. The van der Waals surface area contributed by atoms with E-state index in [4.69, 9.17) is 14.2 Å². The van der Waals surface area contributed by atoms with E-state index in [1.54, 1.807) is 0 Å². The van der Waals surface area contributed by atoms with Crippen LogP contribution in [0, 0.1) is 17.8 Å². The molecule has 1 saturated heterocycles. The highest BCUT2D eigenvalue weighted by Gasteiger charge is 2.34. The van der Waals surface area contributed by atoms with Crippen molar-refractivity contribution in [2.45, 2.75) is 38.2 Å². The van der Waals surface area contributed by atoms with Gasteiger partial charge in [0.25, 0.3) is 0 Å². The van der Waals surface area contributed by atoms with Crippen molar-refractivity contribution in [3.8, 4) is 0 Å². The lowest BCUT2D eigenvalue weighted by molar-refractivity contribution is -0.146. The van der Waals surface area contributed by atoms with Crippen molar-refractivity contribution in [1.29, 1.82) is 0 Å². The second-order valence-corrected chi connectivity index (χ2v) is 5.89. The van der Waals surface area contributed by atoms with Gasteiger partial charge in [-0.1, -0.05) is 12.2 Å². The standard InChI is InChI=1S/C15H22O4/c16-15(18-9-14-8-17-10-19-14)3-1-2-12-6-11-4-5-13(12)7-11/h4-5,11-14H,1-3,6-10H2. The summed E-state index contributed by atoms with van der Waals surface area (Å²) < 4.78 is 15.5. The second kappa shape index (κ2) is 6.06. The van der Waals surface area contributed by atoms with Crippen LogP contribution in [-0.2, 0) is 19.0 Å². The Morgan fingerprint density at radius 3 is 2.95 bits per heavy atom. The predicted octanol–water partition coefficient (Wildman–Crippen LogP) is 2.29. The van der Waals surface area contributed by atoms with E-state index < -0.39 is 0 Å². The van der Waals surface area contributed by atoms with Crippen molar-refractivity contribution in [2.75, 3.05) is 20.0 Å². The average Bonchev–Trinajstić information content (AvgIpc) is 3.13. The van der Waals surface area contributed by atoms with E-state index in [0.717, 1.165) is 30.6 Å². The Balaban J connectivity index is 1.27. The Bertz CT molecular complexity index is 346. The molecule has 0 aromatic rings. The Morgan fingerprint density at radius 1 is 1.32 bits per heavy atom. The van der Waals surface area contributed by atoms with Gasteiger partial charge in [0.15, 0.2) is 0 Å². The summed E-state index contributed by atoms with van der Waals surface area (Å²) in [4.78, 5) is 11.6. The topological polar surface area (TPSA) is 44.8 Å². The number of fused-ring (bicyclic) bond motifs is 2. The number of esters is 1. The van der Waals surface area contributed by atoms with Gasteiger partial charge in [-0.15, -0.1) is 0 Å². The summed E-state index contributed by atoms with van der Waals surface area (Å²) in [6.45, 7) is 1.18. The van der Waals surface area contributed by atoms with Crippen LogP contribution >= 0.6 is 0 Å². The fourth-order valence-electron chi connectivity index (χ4n) is 3.46. The number of hydrogen-bond donors (Lipinski definition) is 0. The zero-order valence-corrected chi connectivity index (χ0v) is 11.3. The molecule has 3 rings (SSSR count). The molecule has 0 N–H and O–H groups in total. The Hall–Kier alpha value is -0.870. The minimum absolute atomic E-state index is 0.0698. The van der Waals surface area contributed by atoms with Gasteiger partial charge >= 0.3 is 5.97 Å². The summed E-state index contributed by atoms with van der Waals surface area (Å²) in [7, 11) is 0. The third kappa shape index (κ3) is 3.37. The molecule has 4 heteroatoms. The monoisotopic (exact) mass is 266 g/mol. The molecule has 1 aliphatic heterocycles. The quantitative estimate of drug-likeness (QED) is 0.546. The first-order chi connectivity index (χ1) is 9.31. The zero-order chi connectivity index (χ0) is 13.1. The lowest BCUT2D eigenvalue weighted by Crippen LogP contribution is -2.20. The van der Waals surface area contributed by atoms with Crippen LogP contribution in [0.4, 0.5) is 0 Å². The molecule has 4 nitrogen and oxygen atoms in total. The van der Waals surface area contributed by atoms with Gasteiger partial charge in [-0.3, -0.25) is 4.79 Å². The van der Waals surface area contributed by atoms with Gasteiger partial charge in [-0.25, -0.2) is 0 Å². The summed E-state index contributed by atoms with van der Waals surface area (Å²) in [5.41, 5.74) is 0. The minimum atomic E-state index is -0.103. The lowest BCUT2D eigenvalue weighted by Gasteiger charge is -2.17. The SMILES string of the molecule is O=C(CCCC1CC2C=CC1C2)OCC1COCO1. The highest BCUT2D eigenvalue weighted by molar-refractivity contribution is 5.69. The minimum Gasteiger partial charge on any atom is -0.463 e. The van der Waals surface area contributed by atoms with Crippen molar-refractivity contribution < 1.29 is 19.0 Å². The maximum Gasteiger partial charge on any atom is 0.305 e. The number of carbonyl (C=O) groups excluding carboxylic acids is 1. The van der Waals surface area contributed by atoms with Crippen LogP contribution in [-0.4, -0.2) is 32.1 Å². The highest BCUT2D eigenvalue weighted by Crippen LogP contribution is 2.45. The average molecular weight is 266 g/mol. The van der Waals surface area contributed by atoms with Crippen LogP contribution < -0.4 is 0 Å². The Kier molecular flexibility index (Phi) is 4.18. The van der Waals surface area contributed by atoms with E-state index in [-0.39, 0.29) is 12.1 Å². The summed E-state index contributed by atoms with van der Waals surface area (Å²) in [5.74, 6) is 2.30. The molecular formula is C15H22O4. The van der Waals surface area contributed by atoms with Crippen molar-refractivity contribution in [3.05, 3.63) is 12.2 Å². The molecule has 3 aliphatic rings. The van der Waals surface area contributed by atoms with E-state index in [9.17, 15) is 4.79 Å². The molecule has 1 heterocycles. The molecule has 4 unspecified atom stereocenters. The van der Waals surface area contributed by atoms with Crippen LogP contribution in [0.1, 0.15) is 32.1 Å². The summed E-state index contributed by atoms with van der Waals surface area (Å²) in [5, 5.41) is 0. The van der Waals surface area contributed by atoms with Crippen LogP contribution in [0.25, 0.3) is 0 Å². The normalized spacial score (nSPS) is 36.0. The number of hydrogen-bond acceptors (Lipinski definition) is 4. The Labute approximate surface area is 114 Å². The first-order valence-corrected chi connectivity index (χ1v) is 7.34. The molecule has 0 aromatic heterocycles. The third-order valence-electron chi connectivity index (χ3n) is 4.49. The Morgan fingerprint density at radius 2 is 2.26 bits per heavy atom. The van der Waals surface area contributed by atoms with Gasteiger partial charge in [0.2, 0.25) is 0 Å². The molecule has 4 atom stereocenters. The molecule has 0 amide bonds. The van der Waals surface area contributed by atoms with Crippen molar-refractivity contribution >= 4 is 5.97 Å². The summed E-state index contributed by atoms with van der Waals surface area (Å²) in [6.07, 6.45) is 9.96. The van der Waals surface area contributed by atoms with E-state index in [0.29, 0.717) is 26.4 Å². The molecule has 2 bridgehead atoms. The maximum atomic E-state index is 11.6. The van der Waals surface area contributed by atoms with Gasteiger partial charge in [0, 0.05) is 6.42 Å². The molecule has 106 valence electrons. The second-order valence-electron chi connectivity index (χ2n) is 5.89. The molecular weight excluding hydrogens is 244 g/mol. The number of rotatable bonds is 6. The molecule has 0 aromatic carbocycles. The molecule has 2 fully saturated rings. The number of allylic oxidation sites excluding steroid dienone is 2. The smallest absolute Gasteiger partial charge is 0.305 e. The first-order valence-electron chi connectivity index (χ1n) is 7.34. The van der Waals surface area contributed by atoms with E-state index in [2.05, 4.69) is 12.2 Å². The molecule has 1 saturated carbocycles. The van der Waals surface area contributed by atoms with E-state index in [1.807, 2.05) is 0 Å². The third-order valence-corrected chi connectivity index (χ3v) is 4.49. The maximum absolute atomic E-state index is 11.6. The summed E-state index contributed by atoms with van der Waals surface area (Å²) in [6, 6.07) is 0. The van der Waals surface area contributed by atoms with Crippen LogP contribution in [0.5, 0.6) is 0 Å². The van der Waals surface area contributed by atoms with Crippen molar-refractivity contribution in [3.63, 3.8) is 0 Å². The van der Waals surface area contributed by atoms with Gasteiger partial charge < -0.3 is 14.2 Å². The highest BCUT2D eigenvalue weighted by atomic mass is 16.7. The molecule has 19 heavy (non-hydrogen) atoms. The van der Waals surface area contributed by atoms with Crippen molar-refractivity contribution in [2.24, 2.45) is 17.8 Å². The number of ether oxygens (including phenoxy) is 3. The largest absolute Gasteiger partial charge is 0.463 e. The van der Waals surface area contributed by atoms with Gasteiger partial charge in [0.05, 0.1) is 6.61 Å². The van der Waals surface area contributed by atoms with Crippen molar-refractivity contribution in [1.82, 2.24) is 0 Å². The van der Waals surface area contributed by atoms with Crippen LogP contribution in [0.3, 0.4) is 0 Å². The lowest BCUT2D eigenvalue weighted by atomic mass is 9.89. The van der Waals surface area contributed by atoms with Gasteiger partial charge in [0.1, 0.15) is 19.5 Å². The van der Waals surface area contributed by atoms with E-state index in [1.165, 1.54) is 12.8 Å². The first kappa shape index (κ1) is 13.1. The van der Waals surface area contributed by atoms with E-state index >= 15 is 0 Å².